The second-order valence-corrected chi connectivity index (χ2v) is 7.11. The first-order chi connectivity index (χ1) is 14.1. The van der Waals surface area contributed by atoms with Crippen LogP contribution in [0.1, 0.15) is 28.4 Å². The van der Waals surface area contributed by atoms with Crippen molar-refractivity contribution in [1.29, 1.82) is 0 Å². The van der Waals surface area contributed by atoms with Gasteiger partial charge in [-0.2, -0.15) is 0 Å². The van der Waals surface area contributed by atoms with Crippen LogP contribution in [0.2, 0.25) is 0 Å². The van der Waals surface area contributed by atoms with Gasteiger partial charge in [-0.05, 0) is 47.9 Å². The summed E-state index contributed by atoms with van der Waals surface area (Å²) in [5.41, 5.74) is 5.82. The number of anilines is 3. The van der Waals surface area contributed by atoms with Gasteiger partial charge in [0.25, 0.3) is 5.91 Å². The van der Waals surface area contributed by atoms with Crippen molar-refractivity contribution in [3.63, 3.8) is 0 Å². The van der Waals surface area contributed by atoms with Gasteiger partial charge in [0.15, 0.2) is 0 Å². The maximum Gasteiger partial charge on any atom is 0.255 e. The molecule has 2 N–H and O–H groups in total. The number of fused-ring (bicyclic) bond motifs is 1. The maximum atomic E-state index is 12.8. The van der Waals surface area contributed by atoms with Crippen LogP contribution in [-0.2, 0) is 17.8 Å². The Bertz CT molecular complexity index is 1040. The van der Waals surface area contributed by atoms with Gasteiger partial charge >= 0.3 is 0 Å². The van der Waals surface area contributed by atoms with Gasteiger partial charge < -0.3 is 15.5 Å². The van der Waals surface area contributed by atoms with Crippen molar-refractivity contribution in [3.05, 3.63) is 89.5 Å². The average Bonchev–Trinajstić information content (AvgIpc) is 3.17. The zero-order valence-electron chi connectivity index (χ0n) is 16.3. The van der Waals surface area contributed by atoms with E-state index < -0.39 is 0 Å². The largest absolute Gasteiger partial charge is 0.352 e. The maximum absolute atomic E-state index is 12.8. The van der Waals surface area contributed by atoms with Crippen molar-refractivity contribution in [2.75, 3.05) is 16.8 Å². The summed E-state index contributed by atoms with van der Waals surface area (Å²) in [7, 11) is 0. The highest BCUT2D eigenvalue weighted by atomic mass is 16.2. The third-order valence-electron chi connectivity index (χ3n) is 5.09. The summed E-state index contributed by atoms with van der Waals surface area (Å²) in [5.74, 6) is -0.233. The molecule has 146 valence electrons. The van der Waals surface area contributed by atoms with Crippen LogP contribution in [0.4, 0.5) is 17.1 Å². The van der Waals surface area contributed by atoms with E-state index >= 15 is 0 Å². The number of hydrogen-bond acceptors (Lipinski definition) is 3. The fourth-order valence-electron chi connectivity index (χ4n) is 3.60. The molecule has 1 heterocycles. The number of nitrogens with zero attached hydrogens (tertiary/aromatic N) is 1. The lowest BCUT2D eigenvalue weighted by molar-refractivity contribution is -0.119. The summed E-state index contributed by atoms with van der Waals surface area (Å²) < 4.78 is 0. The van der Waals surface area contributed by atoms with Crippen LogP contribution < -0.4 is 15.5 Å². The van der Waals surface area contributed by atoms with Crippen molar-refractivity contribution in [1.82, 2.24) is 5.32 Å². The molecule has 2 amide bonds. The van der Waals surface area contributed by atoms with E-state index in [2.05, 4.69) is 33.7 Å². The first-order valence-electron chi connectivity index (χ1n) is 9.71. The Hall–Kier alpha value is -3.60. The molecule has 29 heavy (non-hydrogen) atoms. The fraction of sp³-hybridized carbons (Fsp3) is 0.167. The number of carbonyl (C=O) groups is 2. The SMILES string of the molecule is CC(=O)NCc1ccc(C(=O)Nc2ccccc2N2CCc3ccccc32)cc1. The summed E-state index contributed by atoms with van der Waals surface area (Å²) in [5, 5.41) is 5.81. The Morgan fingerprint density at radius 2 is 1.59 bits per heavy atom. The lowest BCUT2D eigenvalue weighted by Gasteiger charge is -2.23. The molecule has 0 fully saturated rings. The summed E-state index contributed by atoms with van der Waals surface area (Å²) in [4.78, 5) is 26.1. The Kier molecular flexibility index (Phi) is 5.29. The topological polar surface area (TPSA) is 61.4 Å². The highest BCUT2D eigenvalue weighted by molar-refractivity contribution is 6.06. The molecule has 0 saturated heterocycles. The predicted octanol–water partition coefficient (Wildman–Crippen LogP) is 4.27. The highest BCUT2D eigenvalue weighted by Crippen LogP contribution is 2.38. The lowest BCUT2D eigenvalue weighted by Crippen LogP contribution is -2.19. The monoisotopic (exact) mass is 385 g/mol. The zero-order chi connectivity index (χ0) is 20.2. The van der Waals surface area contributed by atoms with Gasteiger partial charge in [0, 0.05) is 31.3 Å². The Balaban J connectivity index is 1.52. The second-order valence-electron chi connectivity index (χ2n) is 7.11. The highest BCUT2D eigenvalue weighted by Gasteiger charge is 2.22. The van der Waals surface area contributed by atoms with Crippen LogP contribution in [0.5, 0.6) is 0 Å². The quantitative estimate of drug-likeness (QED) is 0.690. The number of benzene rings is 3. The summed E-state index contributed by atoms with van der Waals surface area (Å²) in [6.45, 7) is 2.83. The molecule has 0 aromatic heterocycles. The Morgan fingerprint density at radius 1 is 0.897 bits per heavy atom. The number of hydrogen-bond donors (Lipinski definition) is 2. The molecule has 0 bridgehead atoms. The number of nitrogens with one attached hydrogen (secondary N) is 2. The molecule has 5 nitrogen and oxygen atoms in total. The molecule has 0 atom stereocenters. The van der Waals surface area contributed by atoms with Gasteiger partial charge in [-0.1, -0.05) is 42.5 Å². The summed E-state index contributed by atoms with van der Waals surface area (Å²) in [6, 6.07) is 23.5. The van der Waals surface area contributed by atoms with E-state index in [0.717, 1.165) is 29.9 Å². The number of carbonyl (C=O) groups excluding carboxylic acids is 2. The first kappa shape index (κ1) is 18.7. The molecule has 1 aliphatic heterocycles. The Labute approximate surface area is 170 Å². The van der Waals surface area contributed by atoms with Crippen molar-refractivity contribution < 1.29 is 9.59 Å². The van der Waals surface area contributed by atoms with E-state index in [0.29, 0.717) is 12.1 Å². The second kappa shape index (κ2) is 8.19. The van der Waals surface area contributed by atoms with Crippen LogP contribution >= 0.6 is 0 Å². The normalized spacial score (nSPS) is 12.4. The van der Waals surface area contributed by atoms with Crippen LogP contribution in [0, 0.1) is 0 Å². The van der Waals surface area contributed by atoms with E-state index in [-0.39, 0.29) is 11.8 Å². The minimum absolute atomic E-state index is 0.0769. The average molecular weight is 385 g/mol. The van der Waals surface area contributed by atoms with Crippen LogP contribution in [0.3, 0.4) is 0 Å². The fourth-order valence-corrected chi connectivity index (χ4v) is 3.60. The number of amides is 2. The third kappa shape index (κ3) is 4.14. The Morgan fingerprint density at radius 3 is 2.34 bits per heavy atom. The van der Waals surface area contributed by atoms with E-state index in [9.17, 15) is 9.59 Å². The predicted molar refractivity (Wildman–Crippen MR) is 116 cm³/mol. The van der Waals surface area contributed by atoms with Crippen molar-refractivity contribution in [3.8, 4) is 0 Å². The first-order valence-corrected chi connectivity index (χ1v) is 9.71. The molecule has 1 aliphatic rings. The van der Waals surface area contributed by atoms with Gasteiger partial charge in [-0.3, -0.25) is 9.59 Å². The molecule has 0 radical (unpaired) electrons. The minimum atomic E-state index is -0.156. The van der Waals surface area contributed by atoms with E-state index in [4.69, 9.17) is 0 Å². The van der Waals surface area contributed by atoms with Gasteiger partial charge in [0.1, 0.15) is 0 Å². The standard InChI is InChI=1S/C24H23N3O2/c1-17(28)25-16-18-10-12-20(13-11-18)24(29)26-21-7-3-5-9-23(21)27-15-14-19-6-2-4-8-22(19)27/h2-13H,14-16H2,1H3,(H,25,28)(H,26,29). The molecular weight excluding hydrogens is 362 g/mol. The van der Waals surface area contributed by atoms with Gasteiger partial charge in [0.05, 0.1) is 11.4 Å². The summed E-state index contributed by atoms with van der Waals surface area (Å²) in [6.07, 6.45) is 0.994. The summed E-state index contributed by atoms with van der Waals surface area (Å²) >= 11 is 0. The molecular formula is C24H23N3O2. The third-order valence-corrected chi connectivity index (χ3v) is 5.09. The molecule has 4 rings (SSSR count). The van der Waals surface area contributed by atoms with E-state index in [1.807, 2.05) is 42.5 Å². The van der Waals surface area contributed by atoms with Gasteiger partial charge in [-0.25, -0.2) is 0 Å². The number of para-hydroxylation sites is 3. The van der Waals surface area contributed by atoms with E-state index in [1.165, 1.54) is 18.2 Å². The van der Waals surface area contributed by atoms with E-state index in [1.54, 1.807) is 12.1 Å². The molecule has 0 saturated carbocycles. The minimum Gasteiger partial charge on any atom is -0.352 e. The lowest BCUT2D eigenvalue weighted by atomic mass is 10.1. The molecule has 5 heteroatoms. The molecule has 0 unspecified atom stereocenters. The molecule has 0 spiro atoms. The number of rotatable bonds is 5. The van der Waals surface area contributed by atoms with Crippen molar-refractivity contribution in [2.24, 2.45) is 0 Å². The van der Waals surface area contributed by atoms with Gasteiger partial charge in [-0.15, -0.1) is 0 Å². The van der Waals surface area contributed by atoms with Crippen LogP contribution in [0.15, 0.2) is 72.8 Å². The van der Waals surface area contributed by atoms with Crippen LogP contribution in [-0.4, -0.2) is 18.4 Å². The van der Waals surface area contributed by atoms with Gasteiger partial charge in [0.2, 0.25) is 5.91 Å². The zero-order valence-corrected chi connectivity index (χ0v) is 16.3. The van der Waals surface area contributed by atoms with Crippen molar-refractivity contribution in [2.45, 2.75) is 19.9 Å². The molecule has 3 aromatic carbocycles. The van der Waals surface area contributed by atoms with Crippen molar-refractivity contribution >= 4 is 28.9 Å². The molecule has 0 aliphatic carbocycles. The molecule has 3 aromatic rings. The smallest absolute Gasteiger partial charge is 0.255 e. The van der Waals surface area contributed by atoms with Crippen LogP contribution in [0.25, 0.3) is 0 Å².